The highest BCUT2D eigenvalue weighted by atomic mass is 16.6. The number of aromatic hydroxyl groups is 1. The molecule has 7 heteroatoms. The van der Waals surface area contributed by atoms with Crippen molar-refractivity contribution in [3.8, 4) is 11.5 Å². The molecule has 0 bridgehead atoms. The summed E-state index contributed by atoms with van der Waals surface area (Å²) in [6.45, 7) is 8.19. The molecule has 1 heterocycles. The number of hydrogen-bond donors (Lipinski definition) is 2. The molecule has 0 spiro atoms. The number of pyridine rings is 1. The summed E-state index contributed by atoms with van der Waals surface area (Å²) in [4.78, 5) is 29.0. The van der Waals surface area contributed by atoms with Crippen molar-refractivity contribution < 1.29 is 19.4 Å². The maximum absolute atomic E-state index is 13.0. The first-order valence-corrected chi connectivity index (χ1v) is 10.5. The van der Waals surface area contributed by atoms with Gasteiger partial charge in [0.05, 0.1) is 19.2 Å². The lowest BCUT2D eigenvalue weighted by molar-refractivity contribution is 0.0235. The second kappa shape index (κ2) is 9.34. The number of amides is 1. The normalized spacial score (nSPS) is 11.4. The van der Waals surface area contributed by atoms with E-state index in [9.17, 15) is 14.7 Å². The molecule has 0 saturated heterocycles. The monoisotopic (exact) mass is 438 g/mol. The molecule has 0 aliphatic heterocycles. The maximum Gasteiger partial charge on any atom is 0.410 e. The summed E-state index contributed by atoms with van der Waals surface area (Å²) in [7, 11) is 1.61. The molecule has 0 atom stereocenters. The van der Waals surface area contributed by atoms with E-state index in [4.69, 9.17) is 9.47 Å². The van der Waals surface area contributed by atoms with Gasteiger partial charge in [-0.05, 0) is 63.4 Å². The largest absolute Gasteiger partial charge is 0.506 e. The van der Waals surface area contributed by atoms with Gasteiger partial charge in [-0.25, -0.2) is 4.79 Å². The molecular weight excluding hydrogens is 408 g/mol. The van der Waals surface area contributed by atoms with E-state index < -0.39 is 11.7 Å². The van der Waals surface area contributed by atoms with Gasteiger partial charge in [-0.3, -0.25) is 4.79 Å². The topological polar surface area (TPSA) is 91.9 Å². The summed E-state index contributed by atoms with van der Waals surface area (Å²) in [5, 5.41) is 10.9. The Morgan fingerprint density at radius 3 is 2.50 bits per heavy atom. The van der Waals surface area contributed by atoms with Crippen LogP contribution >= 0.6 is 0 Å². The zero-order valence-corrected chi connectivity index (χ0v) is 19.2. The number of fused-ring (bicyclic) bond motifs is 1. The van der Waals surface area contributed by atoms with E-state index in [0.29, 0.717) is 30.8 Å². The Balaban J connectivity index is 1.90. The third-order valence-electron chi connectivity index (χ3n) is 5.07. The van der Waals surface area contributed by atoms with Crippen molar-refractivity contribution in [1.82, 2.24) is 9.88 Å². The molecule has 7 nitrogen and oxygen atoms in total. The van der Waals surface area contributed by atoms with Crippen molar-refractivity contribution >= 4 is 17.0 Å². The zero-order valence-electron chi connectivity index (χ0n) is 19.2. The highest BCUT2D eigenvalue weighted by molar-refractivity contribution is 5.87. The molecule has 0 saturated carbocycles. The van der Waals surface area contributed by atoms with Gasteiger partial charge in [0.25, 0.3) is 0 Å². The molecule has 0 aliphatic carbocycles. The SMILES string of the molecule is COc1cc(C)ccc1CN(CCc1ccc(O)c2[nH]c(=O)ccc12)C(=O)OC(C)(C)C. The van der Waals surface area contributed by atoms with Crippen LogP contribution in [-0.2, 0) is 17.7 Å². The summed E-state index contributed by atoms with van der Waals surface area (Å²) in [6, 6.07) is 12.3. The number of aromatic amines is 1. The number of aryl methyl sites for hydroxylation is 1. The fourth-order valence-corrected chi connectivity index (χ4v) is 3.52. The minimum absolute atomic E-state index is 0.00911. The molecule has 0 aliphatic rings. The second-order valence-corrected chi connectivity index (χ2v) is 8.82. The first-order chi connectivity index (χ1) is 15.1. The van der Waals surface area contributed by atoms with Crippen LogP contribution in [0, 0.1) is 6.92 Å². The molecule has 1 amide bonds. The van der Waals surface area contributed by atoms with E-state index >= 15 is 0 Å². The number of carbonyl (C=O) groups excluding carboxylic acids is 1. The summed E-state index contributed by atoms with van der Waals surface area (Å²) >= 11 is 0. The molecule has 3 rings (SSSR count). The predicted octanol–water partition coefficient (Wildman–Crippen LogP) is 4.53. The number of nitrogens with zero attached hydrogens (tertiary/aromatic N) is 1. The van der Waals surface area contributed by atoms with Gasteiger partial charge >= 0.3 is 6.09 Å². The van der Waals surface area contributed by atoms with Gasteiger partial charge in [-0.1, -0.05) is 18.2 Å². The van der Waals surface area contributed by atoms with Gasteiger partial charge in [0, 0.05) is 23.6 Å². The number of aromatic nitrogens is 1. The molecule has 2 N–H and O–H groups in total. The average Bonchev–Trinajstić information content (AvgIpc) is 2.72. The minimum Gasteiger partial charge on any atom is -0.506 e. The fourth-order valence-electron chi connectivity index (χ4n) is 3.52. The molecule has 170 valence electrons. The lowest BCUT2D eigenvalue weighted by Crippen LogP contribution is -2.37. The molecule has 0 unspecified atom stereocenters. The maximum atomic E-state index is 13.0. The van der Waals surface area contributed by atoms with Gasteiger partial charge < -0.3 is 24.5 Å². The van der Waals surface area contributed by atoms with E-state index in [2.05, 4.69) is 4.98 Å². The number of benzene rings is 2. The summed E-state index contributed by atoms with van der Waals surface area (Å²) in [5.41, 5.74) is 2.32. The number of nitrogens with one attached hydrogen (secondary N) is 1. The number of methoxy groups -OCH3 is 1. The van der Waals surface area contributed by atoms with Crippen molar-refractivity contribution in [3.05, 3.63) is 69.5 Å². The number of phenols is 1. The van der Waals surface area contributed by atoms with Crippen LogP contribution in [0.3, 0.4) is 0 Å². The van der Waals surface area contributed by atoms with Crippen molar-refractivity contribution in [2.45, 2.75) is 46.3 Å². The van der Waals surface area contributed by atoms with Crippen LogP contribution in [0.2, 0.25) is 0 Å². The molecule has 3 aromatic rings. The second-order valence-electron chi connectivity index (χ2n) is 8.82. The molecule has 2 aromatic carbocycles. The lowest BCUT2D eigenvalue weighted by atomic mass is 10.0. The average molecular weight is 439 g/mol. The molecule has 32 heavy (non-hydrogen) atoms. The van der Waals surface area contributed by atoms with Crippen LogP contribution in [0.15, 0.2) is 47.3 Å². The van der Waals surface area contributed by atoms with Crippen LogP contribution in [0.25, 0.3) is 10.9 Å². The van der Waals surface area contributed by atoms with E-state index in [-0.39, 0.29) is 11.3 Å². The summed E-state index contributed by atoms with van der Waals surface area (Å²) in [5.74, 6) is 0.723. The van der Waals surface area contributed by atoms with Gasteiger partial charge in [0.15, 0.2) is 0 Å². The van der Waals surface area contributed by atoms with Crippen LogP contribution < -0.4 is 10.3 Å². The Kier molecular flexibility index (Phi) is 6.77. The molecule has 0 fully saturated rings. The fraction of sp³-hybridized carbons (Fsp3) is 0.360. The first kappa shape index (κ1) is 23.2. The van der Waals surface area contributed by atoms with E-state index in [1.54, 1.807) is 30.2 Å². The molecule has 0 radical (unpaired) electrons. The number of H-pyrrole nitrogens is 1. The molecule has 1 aromatic heterocycles. The smallest absolute Gasteiger partial charge is 0.410 e. The Hall–Kier alpha value is -3.48. The van der Waals surface area contributed by atoms with Crippen molar-refractivity contribution in [3.63, 3.8) is 0 Å². The third kappa shape index (κ3) is 5.60. The highest BCUT2D eigenvalue weighted by Crippen LogP contribution is 2.26. The van der Waals surface area contributed by atoms with E-state index in [1.807, 2.05) is 45.9 Å². The highest BCUT2D eigenvalue weighted by Gasteiger charge is 2.23. The van der Waals surface area contributed by atoms with Crippen molar-refractivity contribution in [2.75, 3.05) is 13.7 Å². The molecular formula is C25H30N2O5. The Morgan fingerprint density at radius 2 is 1.81 bits per heavy atom. The third-order valence-corrected chi connectivity index (χ3v) is 5.07. The van der Waals surface area contributed by atoms with Crippen LogP contribution in [0.1, 0.15) is 37.5 Å². The number of hydrogen-bond acceptors (Lipinski definition) is 5. The van der Waals surface area contributed by atoms with Crippen molar-refractivity contribution in [1.29, 1.82) is 0 Å². The number of phenolic OH excluding ortho intramolecular Hbond substituents is 1. The van der Waals surface area contributed by atoms with E-state index in [1.165, 1.54) is 6.07 Å². The Bertz CT molecular complexity index is 1180. The Labute approximate surface area is 187 Å². The number of ether oxygens (including phenoxy) is 2. The first-order valence-electron chi connectivity index (χ1n) is 10.5. The van der Waals surface area contributed by atoms with Gasteiger partial charge in [-0.15, -0.1) is 0 Å². The standard InChI is InChI=1S/C25H30N2O5/c1-16-6-7-18(21(14-16)31-5)15-27(24(30)32-25(2,3)4)13-12-17-8-10-20(28)23-19(17)9-11-22(29)26-23/h6-11,14,28H,12-13,15H2,1-5H3,(H,26,29). The van der Waals surface area contributed by atoms with Crippen LogP contribution in [0.4, 0.5) is 4.79 Å². The van der Waals surface area contributed by atoms with Crippen molar-refractivity contribution in [2.24, 2.45) is 0 Å². The Morgan fingerprint density at radius 1 is 1.09 bits per heavy atom. The predicted molar refractivity (Wildman–Crippen MR) is 124 cm³/mol. The minimum atomic E-state index is -0.628. The van der Waals surface area contributed by atoms with E-state index in [0.717, 1.165) is 22.1 Å². The summed E-state index contributed by atoms with van der Waals surface area (Å²) in [6.07, 6.45) is 0.0904. The van der Waals surface area contributed by atoms with Crippen LogP contribution in [0.5, 0.6) is 11.5 Å². The van der Waals surface area contributed by atoms with Gasteiger partial charge in [-0.2, -0.15) is 0 Å². The van der Waals surface area contributed by atoms with Crippen LogP contribution in [-0.4, -0.2) is 40.3 Å². The quantitative estimate of drug-likeness (QED) is 0.590. The van der Waals surface area contributed by atoms with Gasteiger partial charge in [0.2, 0.25) is 5.56 Å². The van der Waals surface area contributed by atoms with Gasteiger partial charge in [0.1, 0.15) is 17.1 Å². The summed E-state index contributed by atoms with van der Waals surface area (Å²) < 4.78 is 11.2. The zero-order chi connectivity index (χ0) is 23.5. The number of carbonyl (C=O) groups is 1. The lowest BCUT2D eigenvalue weighted by Gasteiger charge is -2.28. The number of rotatable bonds is 6.